The number of hydrogen-bond acceptors (Lipinski definition) is 5. The summed E-state index contributed by atoms with van der Waals surface area (Å²) in [5.41, 5.74) is 3.03. The van der Waals surface area contributed by atoms with E-state index >= 15 is 0 Å². The Morgan fingerprint density at radius 3 is 2.96 bits per heavy atom. The summed E-state index contributed by atoms with van der Waals surface area (Å²) in [5, 5.41) is 23.5. The molecule has 0 radical (unpaired) electrons. The van der Waals surface area contributed by atoms with Crippen LogP contribution < -0.4 is 5.32 Å². The molecule has 0 aliphatic rings. The minimum absolute atomic E-state index is 0.154. The van der Waals surface area contributed by atoms with Gasteiger partial charge in [0.2, 0.25) is 0 Å². The second-order valence-electron chi connectivity index (χ2n) is 6.31. The molecule has 3 aromatic rings. The number of rotatable bonds is 7. The molecule has 0 fully saturated rings. The van der Waals surface area contributed by atoms with Crippen LogP contribution in [0.2, 0.25) is 5.02 Å². The number of nitrogens with one attached hydrogen (secondary N) is 2. The monoisotopic (exact) mass is 398 g/mol. The lowest BCUT2D eigenvalue weighted by molar-refractivity contribution is 0.0931. The predicted molar refractivity (Wildman–Crippen MR) is 104 cm³/mol. The Labute approximate surface area is 167 Å². The summed E-state index contributed by atoms with van der Waals surface area (Å²) >= 11 is 6.09. The van der Waals surface area contributed by atoms with Crippen molar-refractivity contribution in [1.82, 2.24) is 25.3 Å². The van der Waals surface area contributed by atoms with E-state index in [1.165, 1.54) is 0 Å². The molecular formula is C19H19ClN6O2. The molecule has 28 heavy (non-hydrogen) atoms. The Hall–Kier alpha value is -3.15. The van der Waals surface area contributed by atoms with Crippen molar-refractivity contribution in [3.8, 4) is 17.3 Å². The van der Waals surface area contributed by atoms with Gasteiger partial charge in [0.15, 0.2) is 0 Å². The fraction of sp³-hybridized carbons (Fsp3) is 0.263. The second kappa shape index (κ2) is 8.69. The van der Waals surface area contributed by atoms with Crippen LogP contribution in [-0.2, 0) is 17.9 Å². The van der Waals surface area contributed by atoms with Gasteiger partial charge in [0, 0.05) is 24.9 Å². The zero-order chi connectivity index (χ0) is 20.1. The molecule has 0 aliphatic heterocycles. The highest BCUT2D eigenvalue weighted by Gasteiger charge is 2.14. The van der Waals surface area contributed by atoms with Crippen LogP contribution in [0.5, 0.6) is 0 Å². The summed E-state index contributed by atoms with van der Waals surface area (Å²) in [6.07, 6.45) is 1.83. The Bertz CT molecular complexity index is 1020. The first-order chi connectivity index (χ1) is 13.5. The number of hydrogen-bond donors (Lipinski definition) is 2. The van der Waals surface area contributed by atoms with Crippen molar-refractivity contribution in [1.29, 1.82) is 5.26 Å². The number of carbonyl (C=O) groups excluding carboxylic acids is 1. The van der Waals surface area contributed by atoms with Crippen LogP contribution >= 0.6 is 11.6 Å². The average molecular weight is 399 g/mol. The van der Waals surface area contributed by atoms with E-state index in [1.54, 1.807) is 36.1 Å². The van der Waals surface area contributed by atoms with E-state index < -0.39 is 0 Å². The number of aromatic amines is 1. The van der Waals surface area contributed by atoms with Gasteiger partial charge < -0.3 is 10.1 Å². The summed E-state index contributed by atoms with van der Waals surface area (Å²) in [5.74, 6) is -0.242. The smallest absolute Gasteiger partial charge is 0.269 e. The fourth-order valence-electron chi connectivity index (χ4n) is 2.71. The first-order valence-corrected chi connectivity index (χ1v) is 8.95. The van der Waals surface area contributed by atoms with Gasteiger partial charge in [0.1, 0.15) is 11.8 Å². The lowest BCUT2D eigenvalue weighted by Crippen LogP contribution is -2.36. The lowest BCUT2D eigenvalue weighted by atomic mass is 10.1. The molecule has 2 heterocycles. The molecule has 0 bridgehead atoms. The summed E-state index contributed by atoms with van der Waals surface area (Å²) in [7, 11) is 1.57. The number of carbonyl (C=O) groups is 1. The number of benzene rings is 1. The van der Waals surface area contributed by atoms with Crippen LogP contribution in [0.1, 0.15) is 28.7 Å². The molecular weight excluding hydrogens is 380 g/mol. The number of nitriles is 1. The van der Waals surface area contributed by atoms with Crippen molar-refractivity contribution < 1.29 is 9.53 Å². The van der Waals surface area contributed by atoms with E-state index in [4.69, 9.17) is 21.6 Å². The molecule has 0 saturated carbocycles. The molecule has 2 N–H and O–H groups in total. The van der Waals surface area contributed by atoms with Gasteiger partial charge in [0.05, 0.1) is 35.1 Å². The molecule has 0 spiro atoms. The molecule has 0 aliphatic carbocycles. The molecule has 0 saturated heterocycles. The van der Waals surface area contributed by atoms with E-state index in [1.807, 2.05) is 25.3 Å². The second-order valence-corrected chi connectivity index (χ2v) is 6.72. The van der Waals surface area contributed by atoms with Crippen molar-refractivity contribution in [2.45, 2.75) is 26.1 Å². The highest BCUT2D eigenvalue weighted by Crippen LogP contribution is 2.24. The number of ether oxygens (including phenoxy) is 1. The van der Waals surface area contributed by atoms with Gasteiger partial charge in [-0.15, -0.1) is 0 Å². The topological polar surface area (TPSA) is 109 Å². The van der Waals surface area contributed by atoms with Gasteiger partial charge in [-0.05, 0) is 31.2 Å². The quantitative estimate of drug-likeness (QED) is 0.636. The highest BCUT2D eigenvalue weighted by molar-refractivity contribution is 6.32. The number of halogens is 1. The zero-order valence-electron chi connectivity index (χ0n) is 15.4. The van der Waals surface area contributed by atoms with E-state index in [-0.39, 0.29) is 11.9 Å². The maximum Gasteiger partial charge on any atom is 0.269 e. The van der Waals surface area contributed by atoms with Crippen LogP contribution in [0.4, 0.5) is 0 Å². The summed E-state index contributed by atoms with van der Waals surface area (Å²) in [6, 6.07) is 10.6. The van der Waals surface area contributed by atoms with Crippen LogP contribution in [0.3, 0.4) is 0 Å². The largest absolute Gasteiger partial charge is 0.378 e. The average Bonchev–Trinajstić information content (AvgIpc) is 3.31. The van der Waals surface area contributed by atoms with Gasteiger partial charge in [-0.2, -0.15) is 15.5 Å². The maximum absolute atomic E-state index is 12.3. The summed E-state index contributed by atoms with van der Waals surface area (Å²) < 4.78 is 6.74. The van der Waals surface area contributed by atoms with Crippen LogP contribution in [-0.4, -0.2) is 39.0 Å². The van der Waals surface area contributed by atoms with E-state index in [2.05, 4.69) is 20.6 Å². The summed E-state index contributed by atoms with van der Waals surface area (Å²) in [4.78, 5) is 12.3. The molecule has 9 heteroatoms. The van der Waals surface area contributed by atoms with Gasteiger partial charge in [-0.1, -0.05) is 17.7 Å². The Morgan fingerprint density at radius 2 is 2.25 bits per heavy atom. The molecule has 3 rings (SSSR count). The normalized spacial score (nSPS) is 11.8. The lowest BCUT2D eigenvalue weighted by Gasteiger charge is -2.13. The molecule has 1 aromatic carbocycles. The van der Waals surface area contributed by atoms with Crippen molar-refractivity contribution in [3.63, 3.8) is 0 Å². The van der Waals surface area contributed by atoms with Crippen molar-refractivity contribution in [2.24, 2.45) is 0 Å². The predicted octanol–water partition coefficient (Wildman–Crippen LogP) is 2.76. The third kappa shape index (κ3) is 4.57. The molecule has 1 amide bonds. The van der Waals surface area contributed by atoms with Crippen LogP contribution in [0.15, 0.2) is 36.5 Å². The number of aromatic nitrogens is 4. The number of amides is 1. The van der Waals surface area contributed by atoms with Gasteiger partial charge in [-0.25, -0.2) is 0 Å². The van der Waals surface area contributed by atoms with E-state index in [0.29, 0.717) is 35.1 Å². The van der Waals surface area contributed by atoms with Crippen LogP contribution in [0, 0.1) is 11.3 Å². The summed E-state index contributed by atoms with van der Waals surface area (Å²) in [6.45, 7) is 2.73. The Morgan fingerprint density at radius 1 is 1.43 bits per heavy atom. The Balaban J connectivity index is 1.62. The van der Waals surface area contributed by atoms with E-state index in [0.717, 1.165) is 11.3 Å². The highest BCUT2D eigenvalue weighted by atomic mass is 35.5. The SMILES string of the molecule is COCc1cc(C(=O)NC(C)Cn2ccc(-c3ccc(C#N)c(Cl)c3)n2)[nH]n1. The standard InChI is InChI=1S/C19H19ClN6O2/c1-12(22-19(27)18-8-15(11-28-2)23-24-18)10-26-6-5-17(25-26)13-3-4-14(9-21)16(20)7-13/h3-8,12H,10-11H2,1-2H3,(H,22,27)(H,23,24). The molecule has 1 atom stereocenters. The number of methoxy groups -OCH3 is 1. The van der Waals surface area contributed by atoms with Crippen molar-refractivity contribution in [3.05, 3.63) is 58.5 Å². The van der Waals surface area contributed by atoms with Gasteiger partial charge in [-0.3, -0.25) is 14.6 Å². The third-order valence-electron chi connectivity index (χ3n) is 4.03. The first-order valence-electron chi connectivity index (χ1n) is 8.57. The zero-order valence-corrected chi connectivity index (χ0v) is 16.2. The van der Waals surface area contributed by atoms with Crippen molar-refractivity contribution >= 4 is 17.5 Å². The minimum Gasteiger partial charge on any atom is -0.378 e. The number of nitrogens with zero attached hydrogens (tertiary/aromatic N) is 4. The van der Waals surface area contributed by atoms with Crippen LogP contribution in [0.25, 0.3) is 11.3 Å². The maximum atomic E-state index is 12.3. The first kappa shape index (κ1) is 19.6. The fourth-order valence-corrected chi connectivity index (χ4v) is 2.93. The van der Waals surface area contributed by atoms with Gasteiger partial charge >= 0.3 is 0 Å². The van der Waals surface area contributed by atoms with Crippen molar-refractivity contribution in [2.75, 3.05) is 7.11 Å². The molecule has 8 nitrogen and oxygen atoms in total. The minimum atomic E-state index is -0.242. The number of H-pyrrole nitrogens is 1. The third-order valence-corrected chi connectivity index (χ3v) is 4.34. The van der Waals surface area contributed by atoms with Gasteiger partial charge in [0.25, 0.3) is 5.91 Å². The molecule has 144 valence electrons. The Kier molecular flexibility index (Phi) is 6.09. The molecule has 1 unspecified atom stereocenters. The van der Waals surface area contributed by atoms with E-state index in [9.17, 15) is 4.79 Å². The molecule has 2 aromatic heterocycles.